The molecule has 1 saturated carbocycles. The van der Waals surface area contributed by atoms with Gasteiger partial charge < -0.3 is 19.9 Å². The zero-order valence-electron chi connectivity index (χ0n) is 15.8. The molecule has 3 N–H and O–H groups in total. The molecule has 8 heteroatoms. The predicted molar refractivity (Wildman–Crippen MR) is 103 cm³/mol. The van der Waals surface area contributed by atoms with Crippen LogP contribution in [-0.4, -0.2) is 55.7 Å². The van der Waals surface area contributed by atoms with E-state index in [0.717, 1.165) is 0 Å². The molecule has 146 valence electrons. The van der Waals surface area contributed by atoms with Crippen LogP contribution < -0.4 is 25.8 Å². The number of nitrogens with one attached hydrogen (secondary N) is 3. The quantitative estimate of drug-likeness (QED) is 0.745. The van der Waals surface area contributed by atoms with Crippen molar-refractivity contribution >= 4 is 23.3 Å². The summed E-state index contributed by atoms with van der Waals surface area (Å²) in [6, 6.07) is 6.04. The molecule has 8 nitrogen and oxygen atoms in total. The molecular formula is C19H27N5O3. The van der Waals surface area contributed by atoms with Crippen LogP contribution in [0.2, 0.25) is 0 Å². The zero-order chi connectivity index (χ0) is 19.0. The summed E-state index contributed by atoms with van der Waals surface area (Å²) in [4.78, 5) is 28.0. The molecule has 3 unspecified atom stereocenters. The molecule has 1 aromatic rings. The Kier molecular flexibility index (Phi) is 4.92. The molecule has 2 heterocycles. The summed E-state index contributed by atoms with van der Waals surface area (Å²) in [5.41, 5.74) is 8.04. The molecule has 2 fully saturated rings. The van der Waals surface area contributed by atoms with E-state index in [0.29, 0.717) is 42.2 Å². The summed E-state index contributed by atoms with van der Waals surface area (Å²) in [6.45, 7) is 3.19. The third kappa shape index (κ3) is 3.46. The fourth-order valence-electron chi connectivity index (χ4n) is 4.38. The highest BCUT2D eigenvalue weighted by molar-refractivity contribution is 5.99. The summed E-state index contributed by atoms with van der Waals surface area (Å²) in [7, 11) is 1.81. The highest BCUT2D eigenvalue weighted by Gasteiger charge is 2.39. The number of fused-ring (bicyclic) bond motifs is 2. The van der Waals surface area contributed by atoms with Crippen molar-refractivity contribution < 1.29 is 14.3 Å². The van der Waals surface area contributed by atoms with Crippen molar-refractivity contribution in [2.24, 2.45) is 5.92 Å². The molecule has 3 aliphatic rings. The predicted octanol–water partition coefficient (Wildman–Crippen LogP) is 1.54. The number of carbonyl (C=O) groups is 2. The molecular weight excluding hydrogens is 346 g/mol. The molecule has 4 rings (SSSR count). The van der Waals surface area contributed by atoms with Crippen molar-refractivity contribution in [2.45, 2.75) is 38.3 Å². The lowest BCUT2D eigenvalue weighted by Gasteiger charge is -2.29. The van der Waals surface area contributed by atoms with Crippen LogP contribution in [0.25, 0.3) is 0 Å². The van der Waals surface area contributed by atoms with Gasteiger partial charge in [-0.05, 0) is 43.9 Å². The van der Waals surface area contributed by atoms with E-state index in [1.807, 2.05) is 14.0 Å². The van der Waals surface area contributed by atoms with Crippen molar-refractivity contribution in [1.29, 1.82) is 0 Å². The SMILES string of the molecule is CCN1C(=O)COc2ccc(NC(=O)N(C)CC3NNC4CCCC43)cc21. The molecule has 3 atom stereocenters. The second-order valence-corrected chi connectivity index (χ2v) is 7.52. The smallest absolute Gasteiger partial charge is 0.321 e. The number of nitrogens with zero attached hydrogens (tertiary/aromatic N) is 2. The highest BCUT2D eigenvalue weighted by Crippen LogP contribution is 2.35. The summed E-state index contributed by atoms with van der Waals surface area (Å²) in [5, 5.41) is 2.93. The molecule has 0 bridgehead atoms. The lowest BCUT2D eigenvalue weighted by molar-refractivity contribution is -0.121. The van der Waals surface area contributed by atoms with Crippen LogP contribution >= 0.6 is 0 Å². The van der Waals surface area contributed by atoms with Crippen molar-refractivity contribution in [3.8, 4) is 5.75 Å². The van der Waals surface area contributed by atoms with Crippen LogP contribution in [0, 0.1) is 5.92 Å². The summed E-state index contributed by atoms with van der Waals surface area (Å²) in [5.74, 6) is 1.18. The van der Waals surface area contributed by atoms with Crippen LogP contribution in [-0.2, 0) is 4.79 Å². The van der Waals surface area contributed by atoms with Gasteiger partial charge in [0, 0.05) is 37.9 Å². The first-order chi connectivity index (χ1) is 13.1. The van der Waals surface area contributed by atoms with Gasteiger partial charge in [-0.25, -0.2) is 4.79 Å². The number of anilines is 2. The van der Waals surface area contributed by atoms with Crippen LogP contribution in [0.3, 0.4) is 0 Å². The number of urea groups is 1. The normalized spacial score (nSPS) is 26.4. The third-order valence-electron chi connectivity index (χ3n) is 5.83. The maximum Gasteiger partial charge on any atom is 0.321 e. The summed E-state index contributed by atoms with van der Waals surface area (Å²) in [6.07, 6.45) is 3.66. The highest BCUT2D eigenvalue weighted by atomic mass is 16.5. The molecule has 1 saturated heterocycles. The molecule has 3 amide bonds. The Hall–Kier alpha value is -2.32. The van der Waals surface area contributed by atoms with E-state index in [4.69, 9.17) is 4.74 Å². The van der Waals surface area contributed by atoms with Gasteiger partial charge in [-0.2, -0.15) is 0 Å². The van der Waals surface area contributed by atoms with Gasteiger partial charge in [0.25, 0.3) is 5.91 Å². The van der Waals surface area contributed by atoms with E-state index in [2.05, 4.69) is 16.2 Å². The molecule has 1 aromatic carbocycles. The van der Waals surface area contributed by atoms with Crippen LogP contribution in [0.15, 0.2) is 18.2 Å². The van der Waals surface area contributed by atoms with E-state index in [1.54, 1.807) is 28.0 Å². The number of amides is 3. The average molecular weight is 373 g/mol. The lowest BCUT2D eigenvalue weighted by Crippen LogP contribution is -2.44. The average Bonchev–Trinajstić information content (AvgIpc) is 3.26. The largest absolute Gasteiger partial charge is 0.482 e. The molecule has 0 aromatic heterocycles. The topological polar surface area (TPSA) is 85.9 Å². The van der Waals surface area contributed by atoms with Crippen LogP contribution in [0.5, 0.6) is 5.75 Å². The number of rotatable bonds is 4. The molecule has 1 aliphatic carbocycles. The van der Waals surface area contributed by atoms with Crippen LogP contribution in [0.1, 0.15) is 26.2 Å². The standard InChI is InChI=1S/C19H27N5O3/c1-3-24-16-9-12(7-8-17(16)27-11-18(24)25)20-19(26)23(2)10-15-13-5-4-6-14(13)21-22-15/h7-9,13-15,21-22H,3-6,10-11H2,1-2H3,(H,20,26). The second-order valence-electron chi connectivity index (χ2n) is 7.52. The number of hydrogen-bond acceptors (Lipinski definition) is 5. The maximum absolute atomic E-state index is 12.6. The van der Waals surface area contributed by atoms with Gasteiger partial charge >= 0.3 is 6.03 Å². The van der Waals surface area contributed by atoms with Crippen molar-refractivity contribution in [2.75, 3.05) is 37.0 Å². The number of likely N-dealkylation sites (N-methyl/N-ethyl adjacent to an activating group) is 2. The number of carbonyl (C=O) groups excluding carboxylic acids is 2. The Morgan fingerprint density at radius 3 is 3.04 bits per heavy atom. The van der Waals surface area contributed by atoms with Gasteiger partial charge in [0.15, 0.2) is 6.61 Å². The van der Waals surface area contributed by atoms with Gasteiger partial charge in [0.1, 0.15) is 5.75 Å². The van der Waals surface area contributed by atoms with Crippen molar-refractivity contribution in [3.05, 3.63) is 18.2 Å². The van der Waals surface area contributed by atoms with Gasteiger partial charge in [-0.3, -0.25) is 15.6 Å². The van der Waals surface area contributed by atoms with Gasteiger partial charge in [0.05, 0.1) is 5.69 Å². The van der Waals surface area contributed by atoms with Crippen molar-refractivity contribution in [1.82, 2.24) is 15.8 Å². The fraction of sp³-hybridized carbons (Fsp3) is 0.579. The Bertz CT molecular complexity index is 740. The first-order valence-electron chi connectivity index (χ1n) is 9.67. The number of ether oxygens (including phenoxy) is 1. The summed E-state index contributed by atoms with van der Waals surface area (Å²) >= 11 is 0. The number of hydrogen-bond donors (Lipinski definition) is 3. The Morgan fingerprint density at radius 2 is 2.22 bits per heavy atom. The zero-order valence-corrected chi connectivity index (χ0v) is 15.8. The Labute approximate surface area is 159 Å². The van der Waals surface area contributed by atoms with E-state index in [9.17, 15) is 9.59 Å². The second kappa shape index (κ2) is 7.36. The molecule has 0 radical (unpaired) electrons. The molecule has 0 spiro atoms. The Morgan fingerprint density at radius 1 is 1.37 bits per heavy atom. The lowest BCUT2D eigenvalue weighted by atomic mass is 9.97. The van der Waals surface area contributed by atoms with E-state index in [-0.39, 0.29) is 24.6 Å². The maximum atomic E-state index is 12.6. The number of hydrazine groups is 1. The van der Waals surface area contributed by atoms with Gasteiger partial charge in [-0.15, -0.1) is 0 Å². The van der Waals surface area contributed by atoms with E-state index in [1.165, 1.54) is 19.3 Å². The minimum atomic E-state index is -0.163. The van der Waals surface area contributed by atoms with Crippen molar-refractivity contribution in [3.63, 3.8) is 0 Å². The van der Waals surface area contributed by atoms with Gasteiger partial charge in [0.2, 0.25) is 0 Å². The molecule has 2 aliphatic heterocycles. The Balaban J connectivity index is 1.40. The first-order valence-corrected chi connectivity index (χ1v) is 9.67. The molecule has 27 heavy (non-hydrogen) atoms. The fourth-order valence-corrected chi connectivity index (χ4v) is 4.38. The third-order valence-corrected chi connectivity index (χ3v) is 5.83. The minimum absolute atomic E-state index is 0.0554. The monoisotopic (exact) mass is 373 g/mol. The number of benzene rings is 1. The summed E-state index contributed by atoms with van der Waals surface area (Å²) < 4.78 is 5.47. The first kappa shape index (κ1) is 18.1. The van der Waals surface area contributed by atoms with E-state index >= 15 is 0 Å². The van der Waals surface area contributed by atoms with Gasteiger partial charge in [-0.1, -0.05) is 6.42 Å². The van der Waals surface area contributed by atoms with Crippen LogP contribution in [0.4, 0.5) is 16.2 Å². The van der Waals surface area contributed by atoms with E-state index < -0.39 is 0 Å². The minimum Gasteiger partial charge on any atom is -0.482 e.